The summed E-state index contributed by atoms with van der Waals surface area (Å²) >= 11 is 0. The van der Waals surface area contributed by atoms with Gasteiger partial charge in [-0.15, -0.1) is 6.58 Å². The van der Waals surface area contributed by atoms with E-state index in [4.69, 9.17) is 0 Å². The minimum absolute atomic E-state index is 0.952. The lowest BCUT2D eigenvalue weighted by Gasteiger charge is -1.87. The highest BCUT2D eigenvalue weighted by Crippen LogP contribution is 2.11. The molecule has 0 aromatic carbocycles. The highest BCUT2D eigenvalue weighted by atomic mass is 14.9. The van der Waals surface area contributed by atoms with Gasteiger partial charge in [0.25, 0.3) is 0 Å². The lowest BCUT2D eigenvalue weighted by molar-refractivity contribution is 1.14. The van der Waals surface area contributed by atoms with Gasteiger partial charge in [0.1, 0.15) is 5.82 Å². The van der Waals surface area contributed by atoms with Crippen LogP contribution in [0.2, 0.25) is 0 Å². The Labute approximate surface area is 90.8 Å². The Morgan fingerprint density at radius 1 is 1.33 bits per heavy atom. The maximum absolute atomic E-state index is 4.11. The van der Waals surface area contributed by atoms with Crippen LogP contribution in [0, 0.1) is 6.92 Å². The van der Waals surface area contributed by atoms with E-state index in [9.17, 15) is 0 Å². The van der Waals surface area contributed by atoms with Gasteiger partial charge in [-0.25, -0.2) is 4.98 Å². The quantitative estimate of drug-likeness (QED) is 0.691. The van der Waals surface area contributed by atoms with Crippen molar-refractivity contribution in [2.45, 2.75) is 13.8 Å². The summed E-state index contributed by atoms with van der Waals surface area (Å²) in [6.45, 7) is 7.20. The van der Waals surface area contributed by atoms with E-state index in [0.717, 1.165) is 11.5 Å². The zero-order valence-corrected chi connectivity index (χ0v) is 9.20. The molecule has 2 rings (SSSR count). The number of nitrogens with zero attached hydrogens (tertiary/aromatic N) is 1. The van der Waals surface area contributed by atoms with Crippen molar-refractivity contribution < 1.29 is 0 Å². The Kier molecular flexibility index (Phi) is 4.35. The second-order valence-corrected chi connectivity index (χ2v) is 3.19. The van der Waals surface area contributed by atoms with Crippen molar-refractivity contribution in [2.75, 3.05) is 0 Å². The fourth-order valence-electron chi connectivity index (χ4n) is 1.18. The molecule has 0 saturated carbocycles. The number of aryl methyl sites for hydroxylation is 1. The maximum atomic E-state index is 4.11. The van der Waals surface area contributed by atoms with Crippen LogP contribution in [0.4, 0.5) is 0 Å². The molecule has 1 N–H and O–H groups in total. The van der Waals surface area contributed by atoms with Crippen LogP contribution in [0.5, 0.6) is 0 Å². The first-order chi connectivity index (χ1) is 7.26. The van der Waals surface area contributed by atoms with Gasteiger partial charge in [-0.05, 0) is 25.5 Å². The van der Waals surface area contributed by atoms with Crippen LogP contribution in [-0.2, 0) is 0 Å². The van der Waals surface area contributed by atoms with Crippen LogP contribution >= 0.6 is 0 Å². The van der Waals surface area contributed by atoms with E-state index in [1.165, 1.54) is 5.57 Å². The first-order valence-electron chi connectivity index (χ1n) is 4.91. The molecule has 1 heterocycles. The SMILES string of the molecule is C=CC.Cc1ncc(C=C2C=CC=C2)[nH]1. The molecule has 1 aromatic rings. The first-order valence-corrected chi connectivity index (χ1v) is 4.91. The summed E-state index contributed by atoms with van der Waals surface area (Å²) in [6.07, 6.45) is 13.8. The van der Waals surface area contributed by atoms with E-state index in [1.54, 1.807) is 6.08 Å². The van der Waals surface area contributed by atoms with E-state index in [1.807, 2.05) is 32.2 Å². The molecule has 0 aliphatic heterocycles. The summed E-state index contributed by atoms with van der Waals surface area (Å²) in [5, 5.41) is 0. The summed E-state index contributed by atoms with van der Waals surface area (Å²) < 4.78 is 0. The molecule has 1 aliphatic carbocycles. The molecule has 2 nitrogen and oxygen atoms in total. The standard InChI is InChI=1S/C10H10N2.C3H6/c1-8-11-7-10(12-8)6-9-4-2-3-5-9;1-3-2/h2-7H,1H3,(H,11,12);3H,1H2,2H3. The number of aromatic amines is 1. The Hall–Kier alpha value is -1.83. The Bertz CT molecular complexity index is 392. The van der Waals surface area contributed by atoms with Gasteiger partial charge in [0, 0.05) is 0 Å². The van der Waals surface area contributed by atoms with Gasteiger partial charge >= 0.3 is 0 Å². The molecule has 1 aliphatic rings. The molecule has 0 fully saturated rings. The molecule has 0 saturated heterocycles. The maximum Gasteiger partial charge on any atom is 0.103 e. The third-order valence-electron chi connectivity index (χ3n) is 1.73. The van der Waals surface area contributed by atoms with Crippen molar-refractivity contribution in [3.8, 4) is 0 Å². The third-order valence-corrected chi connectivity index (χ3v) is 1.73. The van der Waals surface area contributed by atoms with Crippen LogP contribution < -0.4 is 0 Å². The molecule has 1 aromatic heterocycles. The van der Waals surface area contributed by atoms with E-state index in [0.29, 0.717) is 0 Å². The molecular weight excluding hydrogens is 184 g/mol. The monoisotopic (exact) mass is 200 g/mol. The van der Waals surface area contributed by atoms with E-state index >= 15 is 0 Å². The summed E-state index contributed by atoms with van der Waals surface area (Å²) in [5.74, 6) is 0.952. The largest absolute Gasteiger partial charge is 0.343 e. The number of nitrogens with one attached hydrogen (secondary N) is 1. The topological polar surface area (TPSA) is 28.7 Å². The van der Waals surface area contributed by atoms with Gasteiger partial charge in [0.2, 0.25) is 0 Å². The van der Waals surface area contributed by atoms with Crippen molar-refractivity contribution >= 4 is 6.08 Å². The van der Waals surface area contributed by atoms with Crippen molar-refractivity contribution in [1.82, 2.24) is 9.97 Å². The van der Waals surface area contributed by atoms with Crippen molar-refractivity contribution in [2.24, 2.45) is 0 Å². The fraction of sp³-hybridized carbons (Fsp3) is 0.154. The van der Waals surface area contributed by atoms with Crippen LogP contribution in [-0.4, -0.2) is 9.97 Å². The van der Waals surface area contributed by atoms with Gasteiger partial charge in [0.15, 0.2) is 0 Å². The zero-order valence-electron chi connectivity index (χ0n) is 9.20. The predicted molar refractivity (Wildman–Crippen MR) is 65.5 cm³/mol. The summed E-state index contributed by atoms with van der Waals surface area (Å²) in [7, 11) is 0. The van der Waals surface area contributed by atoms with Crippen LogP contribution in [0.15, 0.2) is 48.7 Å². The molecule has 0 bridgehead atoms. The third kappa shape index (κ3) is 3.81. The molecule has 0 amide bonds. The fourth-order valence-corrected chi connectivity index (χ4v) is 1.18. The minimum Gasteiger partial charge on any atom is -0.343 e. The second kappa shape index (κ2) is 5.81. The highest BCUT2D eigenvalue weighted by Gasteiger charge is 1.95. The van der Waals surface area contributed by atoms with Crippen LogP contribution in [0.1, 0.15) is 18.4 Å². The number of hydrogen-bond donors (Lipinski definition) is 1. The smallest absolute Gasteiger partial charge is 0.103 e. The van der Waals surface area contributed by atoms with Gasteiger partial charge in [-0.2, -0.15) is 0 Å². The second-order valence-electron chi connectivity index (χ2n) is 3.19. The summed E-state index contributed by atoms with van der Waals surface area (Å²) in [6, 6.07) is 0. The molecule has 0 spiro atoms. The highest BCUT2D eigenvalue weighted by molar-refractivity contribution is 5.59. The van der Waals surface area contributed by atoms with Gasteiger partial charge in [-0.3, -0.25) is 0 Å². The van der Waals surface area contributed by atoms with Gasteiger partial charge < -0.3 is 4.98 Å². The number of rotatable bonds is 1. The minimum atomic E-state index is 0.952. The van der Waals surface area contributed by atoms with Crippen LogP contribution in [0.25, 0.3) is 6.08 Å². The molecule has 0 radical (unpaired) electrons. The molecule has 0 atom stereocenters. The molecule has 2 heteroatoms. The van der Waals surface area contributed by atoms with Crippen molar-refractivity contribution in [1.29, 1.82) is 0 Å². The predicted octanol–water partition coefficient (Wildman–Crippen LogP) is 3.42. The van der Waals surface area contributed by atoms with E-state index in [-0.39, 0.29) is 0 Å². The van der Waals surface area contributed by atoms with Crippen molar-refractivity contribution in [3.05, 3.63) is 60.2 Å². The van der Waals surface area contributed by atoms with E-state index in [2.05, 4.69) is 34.8 Å². The zero-order chi connectivity index (χ0) is 11.1. The normalized spacial score (nSPS) is 12.3. The lowest BCUT2D eigenvalue weighted by Crippen LogP contribution is -1.74. The number of imidazole rings is 1. The number of H-pyrrole nitrogens is 1. The summed E-state index contributed by atoms with van der Waals surface area (Å²) in [5.41, 5.74) is 2.26. The lowest BCUT2D eigenvalue weighted by atomic mass is 10.2. The number of aromatic nitrogens is 2. The average molecular weight is 200 g/mol. The van der Waals surface area contributed by atoms with Gasteiger partial charge in [0.05, 0.1) is 11.9 Å². The van der Waals surface area contributed by atoms with Gasteiger partial charge in [-0.1, -0.05) is 30.4 Å². The Balaban J connectivity index is 0.000000337. The molecule has 78 valence electrons. The first kappa shape index (κ1) is 11.2. The Morgan fingerprint density at radius 2 is 1.93 bits per heavy atom. The summed E-state index contributed by atoms with van der Waals surface area (Å²) in [4.78, 5) is 7.26. The molecule has 15 heavy (non-hydrogen) atoms. The average Bonchev–Trinajstić information content (AvgIpc) is 2.80. The number of hydrogen-bond acceptors (Lipinski definition) is 1. The van der Waals surface area contributed by atoms with Crippen LogP contribution in [0.3, 0.4) is 0 Å². The molecular formula is C13H16N2. The number of allylic oxidation sites excluding steroid dienone is 6. The van der Waals surface area contributed by atoms with E-state index < -0.39 is 0 Å². The van der Waals surface area contributed by atoms with Crippen molar-refractivity contribution in [3.63, 3.8) is 0 Å². The Morgan fingerprint density at radius 3 is 2.40 bits per heavy atom. The molecule has 0 unspecified atom stereocenters.